The number of likely N-dealkylation sites (tertiary alicyclic amines) is 1. The molecule has 1 saturated heterocycles. The summed E-state index contributed by atoms with van der Waals surface area (Å²) in [5.74, 6) is 0. The minimum absolute atomic E-state index is 0.742. The van der Waals surface area contributed by atoms with Crippen molar-refractivity contribution in [2.75, 3.05) is 26.7 Å². The molecule has 26 heavy (non-hydrogen) atoms. The summed E-state index contributed by atoms with van der Waals surface area (Å²) in [5.41, 5.74) is 2.77. The molecular weight excluding hydrogens is 316 g/mol. The second-order valence-corrected chi connectivity index (χ2v) is 7.38. The Hall–Kier alpha value is -1.64. The quantitative estimate of drug-likeness (QED) is 0.546. The van der Waals surface area contributed by atoms with Gasteiger partial charge in [-0.05, 0) is 57.8 Å². The van der Waals surface area contributed by atoms with Gasteiger partial charge in [0.1, 0.15) is 0 Å². The molecule has 2 rings (SSSR count). The Morgan fingerprint density at radius 3 is 2.65 bits per heavy atom. The fourth-order valence-corrected chi connectivity index (χ4v) is 3.75. The molecule has 2 heteroatoms. The molecule has 1 unspecified atom stereocenters. The van der Waals surface area contributed by atoms with Crippen LogP contribution in [0.25, 0.3) is 0 Å². The van der Waals surface area contributed by atoms with Crippen molar-refractivity contribution in [3.63, 3.8) is 0 Å². The van der Waals surface area contributed by atoms with Crippen molar-refractivity contribution in [1.29, 1.82) is 0 Å². The lowest BCUT2D eigenvalue weighted by molar-refractivity contribution is 0.155. The zero-order chi connectivity index (χ0) is 18.6. The van der Waals surface area contributed by atoms with E-state index in [-0.39, 0.29) is 0 Å². The summed E-state index contributed by atoms with van der Waals surface area (Å²) in [5, 5.41) is 0. The molecule has 1 aliphatic heterocycles. The van der Waals surface area contributed by atoms with Gasteiger partial charge in [-0.1, -0.05) is 67.1 Å². The highest BCUT2D eigenvalue weighted by atomic mass is 15.2. The van der Waals surface area contributed by atoms with Gasteiger partial charge < -0.3 is 4.90 Å². The van der Waals surface area contributed by atoms with Crippen LogP contribution in [-0.4, -0.2) is 42.5 Å². The second kappa shape index (κ2) is 11.9. The summed E-state index contributed by atoms with van der Waals surface area (Å²) in [7, 11) is 2.29. The van der Waals surface area contributed by atoms with Gasteiger partial charge in [0, 0.05) is 25.7 Å². The average Bonchev–Trinajstić information content (AvgIpc) is 2.66. The third-order valence-corrected chi connectivity index (χ3v) is 5.24. The third kappa shape index (κ3) is 7.31. The molecule has 0 aliphatic carbocycles. The Kier molecular flexibility index (Phi) is 9.44. The van der Waals surface area contributed by atoms with Crippen molar-refractivity contribution >= 4 is 0 Å². The number of benzene rings is 1. The minimum atomic E-state index is 0.742. The normalized spacial score (nSPS) is 19.8. The number of hydrogen-bond acceptors (Lipinski definition) is 2. The van der Waals surface area contributed by atoms with E-state index in [1.165, 1.54) is 43.4 Å². The van der Waals surface area contributed by atoms with Gasteiger partial charge in [-0.15, -0.1) is 0 Å². The van der Waals surface area contributed by atoms with Crippen LogP contribution in [0.4, 0.5) is 0 Å². The van der Waals surface area contributed by atoms with Gasteiger partial charge in [-0.25, -0.2) is 0 Å². The smallest absolute Gasteiger partial charge is 0.0237 e. The lowest BCUT2D eigenvalue weighted by Gasteiger charge is -2.34. The Bertz CT molecular complexity index is 585. The van der Waals surface area contributed by atoms with Crippen molar-refractivity contribution in [2.24, 2.45) is 0 Å². The monoisotopic (exact) mass is 352 g/mol. The molecule has 1 aromatic carbocycles. The average molecular weight is 353 g/mol. The van der Waals surface area contributed by atoms with Gasteiger partial charge in [-0.2, -0.15) is 0 Å². The molecule has 0 aromatic heterocycles. The SMILES string of the molecule is C\C=C/C(=C\C=C\C)CN(CCC1CCCCN1C)Cc1ccccc1. The maximum absolute atomic E-state index is 2.60. The Morgan fingerprint density at radius 2 is 1.96 bits per heavy atom. The van der Waals surface area contributed by atoms with Crippen LogP contribution < -0.4 is 0 Å². The molecule has 1 heterocycles. The Morgan fingerprint density at radius 1 is 1.15 bits per heavy atom. The Labute approximate surface area is 160 Å². The summed E-state index contributed by atoms with van der Waals surface area (Å²) >= 11 is 0. The summed E-state index contributed by atoms with van der Waals surface area (Å²) in [6.45, 7) is 8.59. The summed E-state index contributed by atoms with van der Waals surface area (Å²) in [4.78, 5) is 5.17. The number of hydrogen-bond donors (Lipinski definition) is 0. The zero-order valence-corrected chi connectivity index (χ0v) is 16.9. The van der Waals surface area contributed by atoms with Gasteiger partial charge in [0.25, 0.3) is 0 Å². The van der Waals surface area contributed by atoms with E-state index in [9.17, 15) is 0 Å². The first-order chi connectivity index (χ1) is 12.7. The van der Waals surface area contributed by atoms with Crippen LogP contribution in [0.3, 0.4) is 0 Å². The molecule has 2 nitrogen and oxygen atoms in total. The summed E-state index contributed by atoms with van der Waals surface area (Å²) in [6.07, 6.45) is 16.2. The predicted molar refractivity (Wildman–Crippen MR) is 114 cm³/mol. The van der Waals surface area contributed by atoms with Crippen molar-refractivity contribution in [2.45, 2.75) is 52.1 Å². The highest BCUT2D eigenvalue weighted by molar-refractivity contribution is 5.25. The molecule has 1 fully saturated rings. The van der Waals surface area contributed by atoms with Crippen molar-refractivity contribution < 1.29 is 0 Å². The fraction of sp³-hybridized carbons (Fsp3) is 0.500. The van der Waals surface area contributed by atoms with Crippen LogP contribution in [-0.2, 0) is 6.54 Å². The van der Waals surface area contributed by atoms with Crippen LogP contribution >= 0.6 is 0 Å². The highest BCUT2D eigenvalue weighted by Crippen LogP contribution is 2.19. The lowest BCUT2D eigenvalue weighted by atomic mass is 9.99. The second-order valence-electron chi connectivity index (χ2n) is 7.38. The molecule has 0 amide bonds. The number of allylic oxidation sites excluding steroid dienone is 4. The molecular formula is C24H36N2. The first-order valence-corrected chi connectivity index (χ1v) is 10.1. The van der Waals surface area contributed by atoms with Crippen molar-refractivity contribution in [3.8, 4) is 0 Å². The van der Waals surface area contributed by atoms with Gasteiger partial charge in [0.2, 0.25) is 0 Å². The maximum Gasteiger partial charge on any atom is 0.0237 e. The highest BCUT2D eigenvalue weighted by Gasteiger charge is 2.19. The zero-order valence-electron chi connectivity index (χ0n) is 16.9. The molecule has 1 atom stereocenters. The molecule has 0 spiro atoms. The molecule has 0 N–H and O–H groups in total. The van der Waals surface area contributed by atoms with Crippen LogP contribution in [0.15, 0.2) is 66.3 Å². The number of nitrogens with zero attached hydrogens (tertiary/aromatic N) is 2. The van der Waals surface area contributed by atoms with Crippen LogP contribution in [0, 0.1) is 0 Å². The minimum Gasteiger partial charge on any atom is -0.303 e. The van der Waals surface area contributed by atoms with Crippen LogP contribution in [0.1, 0.15) is 45.1 Å². The van der Waals surface area contributed by atoms with E-state index in [1.54, 1.807) is 0 Å². The van der Waals surface area contributed by atoms with E-state index in [2.05, 4.69) is 91.4 Å². The van der Waals surface area contributed by atoms with Crippen LogP contribution in [0.2, 0.25) is 0 Å². The number of rotatable bonds is 9. The van der Waals surface area contributed by atoms with E-state index in [4.69, 9.17) is 0 Å². The molecule has 1 aromatic rings. The van der Waals surface area contributed by atoms with Gasteiger partial charge >= 0.3 is 0 Å². The topological polar surface area (TPSA) is 6.48 Å². The van der Waals surface area contributed by atoms with E-state index in [1.807, 2.05) is 0 Å². The lowest BCUT2D eigenvalue weighted by Crippen LogP contribution is -2.39. The molecule has 0 saturated carbocycles. The van der Waals surface area contributed by atoms with Gasteiger partial charge in [0.15, 0.2) is 0 Å². The first kappa shape index (κ1) is 20.7. The first-order valence-electron chi connectivity index (χ1n) is 10.1. The third-order valence-electron chi connectivity index (χ3n) is 5.24. The van der Waals surface area contributed by atoms with Gasteiger partial charge in [-0.3, -0.25) is 4.90 Å². The predicted octanol–water partition coefficient (Wildman–Crippen LogP) is 5.44. The fourth-order valence-electron chi connectivity index (χ4n) is 3.75. The van der Waals surface area contributed by atoms with Crippen molar-refractivity contribution in [1.82, 2.24) is 9.80 Å². The number of piperidine rings is 1. The molecule has 0 bridgehead atoms. The summed E-state index contributed by atoms with van der Waals surface area (Å²) in [6, 6.07) is 11.6. The molecule has 1 aliphatic rings. The maximum atomic E-state index is 2.60. The summed E-state index contributed by atoms with van der Waals surface area (Å²) < 4.78 is 0. The van der Waals surface area contributed by atoms with E-state index in [0.717, 1.165) is 25.7 Å². The molecule has 142 valence electrons. The largest absolute Gasteiger partial charge is 0.303 e. The van der Waals surface area contributed by atoms with Gasteiger partial charge in [0.05, 0.1) is 0 Å². The molecule has 0 radical (unpaired) electrons. The van der Waals surface area contributed by atoms with Crippen molar-refractivity contribution in [3.05, 3.63) is 71.8 Å². The van der Waals surface area contributed by atoms with E-state index >= 15 is 0 Å². The standard InChI is InChI=1S/C24H36N2/c1-4-6-13-22(12-5-2)20-26(21-23-14-8-7-9-15-23)19-17-24-16-10-11-18-25(24)3/h4-9,12-15,24H,10-11,16-21H2,1-3H3/b6-4+,12-5-,22-13+. The van der Waals surface area contributed by atoms with E-state index < -0.39 is 0 Å². The van der Waals surface area contributed by atoms with Crippen LogP contribution in [0.5, 0.6) is 0 Å². The Balaban J connectivity index is 2.04. The van der Waals surface area contributed by atoms with E-state index in [0.29, 0.717) is 0 Å².